The van der Waals surface area contributed by atoms with Gasteiger partial charge in [-0.3, -0.25) is 0 Å². The lowest BCUT2D eigenvalue weighted by molar-refractivity contribution is 0.355. The maximum absolute atomic E-state index is 5.72. The summed E-state index contributed by atoms with van der Waals surface area (Å²) in [6.45, 7) is 1.86. The second kappa shape index (κ2) is 7.09. The van der Waals surface area contributed by atoms with Crippen LogP contribution >= 0.6 is 0 Å². The summed E-state index contributed by atoms with van der Waals surface area (Å²) in [4.78, 5) is 8.97. The predicted octanol–water partition coefficient (Wildman–Crippen LogP) is 3.80. The number of aromatic nitrogens is 2. The molecule has 0 aliphatic heterocycles. The minimum atomic E-state index is 0.657. The zero-order valence-corrected chi connectivity index (χ0v) is 14.4. The Morgan fingerprint density at radius 3 is 2.28 bits per heavy atom. The Kier molecular flexibility index (Phi) is 4.70. The SMILES string of the molecule is COc1ccc(-c2cc(Nc3ccc(N)cc3)nc(C)n2)cc1OC. The van der Waals surface area contributed by atoms with Gasteiger partial charge in [-0.25, -0.2) is 9.97 Å². The van der Waals surface area contributed by atoms with Crippen molar-refractivity contribution in [1.82, 2.24) is 9.97 Å². The van der Waals surface area contributed by atoms with Gasteiger partial charge in [0.1, 0.15) is 11.6 Å². The van der Waals surface area contributed by atoms with E-state index in [1.165, 1.54) is 0 Å². The molecule has 0 saturated heterocycles. The third-order valence-corrected chi connectivity index (χ3v) is 3.70. The summed E-state index contributed by atoms with van der Waals surface area (Å²) in [5.74, 6) is 2.72. The Balaban J connectivity index is 1.95. The van der Waals surface area contributed by atoms with Gasteiger partial charge in [-0.15, -0.1) is 0 Å². The summed E-state index contributed by atoms with van der Waals surface area (Å²) in [6.07, 6.45) is 0. The number of nitrogens with zero attached hydrogens (tertiary/aromatic N) is 2. The maximum atomic E-state index is 5.72. The van der Waals surface area contributed by atoms with Gasteiger partial charge in [0.05, 0.1) is 19.9 Å². The van der Waals surface area contributed by atoms with Gasteiger partial charge < -0.3 is 20.5 Å². The van der Waals surface area contributed by atoms with Gasteiger partial charge in [0.15, 0.2) is 11.5 Å². The smallest absolute Gasteiger partial charge is 0.161 e. The largest absolute Gasteiger partial charge is 0.493 e. The Bertz CT molecular complexity index is 879. The molecule has 0 atom stereocenters. The molecular formula is C19H20N4O2. The Hall–Kier alpha value is -3.28. The van der Waals surface area contributed by atoms with Crippen molar-refractivity contribution in [3.05, 3.63) is 54.4 Å². The summed E-state index contributed by atoms with van der Waals surface area (Å²) >= 11 is 0. The van der Waals surface area contributed by atoms with E-state index in [4.69, 9.17) is 15.2 Å². The topological polar surface area (TPSA) is 82.3 Å². The van der Waals surface area contributed by atoms with E-state index in [1.807, 2.05) is 55.5 Å². The van der Waals surface area contributed by atoms with Crippen LogP contribution in [0.2, 0.25) is 0 Å². The summed E-state index contributed by atoms with van der Waals surface area (Å²) in [5.41, 5.74) is 9.06. The first-order valence-corrected chi connectivity index (χ1v) is 7.79. The summed E-state index contributed by atoms with van der Waals surface area (Å²) in [5, 5.41) is 3.27. The average Bonchev–Trinajstić information content (AvgIpc) is 2.62. The number of nitrogen functional groups attached to an aromatic ring is 1. The highest BCUT2D eigenvalue weighted by atomic mass is 16.5. The number of nitrogens with one attached hydrogen (secondary N) is 1. The lowest BCUT2D eigenvalue weighted by atomic mass is 10.1. The fraction of sp³-hybridized carbons (Fsp3) is 0.158. The van der Waals surface area contributed by atoms with Crippen molar-refractivity contribution in [2.45, 2.75) is 6.92 Å². The first-order chi connectivity index (χ1) is 12.1. The first kappa shape index (κ1) is 16.6. The normalized spacial score (nSPS) is 10.4. The molecule has 2 aromatic carbocycles. The number of methoxy groups -OCH3 is 2. The van der Waals surface area contributed by atoms with E-state index in [9.17, 15) is 0 Å². The number of aryl methyl sites for hydroxylation is 1. The second-order valence-corrected chi connectivity index (χ2v) is 5.50. The van der Waals surface area contributed by atoms with Crippen LogP contribution in [0.15, 0.2) is 48.5 Å². The van der Waals surface area contributed by atoms with Crippen LogP contribution in [0.4, 0.5) is 17.2 Å². The van der Waals surface area contributed by atoms with E-state index in [1.54, 1.807) is 14.2 Å². The average molecular weight is 336 g/mol. The zero-order chi connectivity index (χ0) is 17.8. The van der Waals surface area contributed by atoms with E-state index in [0.717, 1.165) is 22.6 Å². The molecule has 0 bridgehead atoms. The number of nitrogens with two attached hydrogens (primary N) is 1. The highest BCUT2D eigenvalue weighted by Gasteiger charge is 2.09. The number of hydrogen-bond acceptors (Lipinski definition) is 6. The van der Waals surface area contributed by atoms with Crippen molar-refractivity contribution in [3.63, 3.8) is 0 Å². The number of hydrogen-bond donors (Lipinski definition) is 2. The fourth-order valence-electron chi connectivity index (χ4n) is 2.49. The highest BCUT2D eigenvalue weighted by Crippen LogP contribution is 2.32. The Morgan fingerprint density at radius 1 is 0.880 bits per heavy atom. The van der Waals surface area contributed by atoms with Crippen molar-refractivity contribution in [2.75, 3.05) is 25.3 Å². The summed E-state index contributed by atoms with van der Waals surface area (Å²) < 4.78 is 10.7. The lowest BCUT2D eigenvalue weighted by Crippen LogP contribution is -1.99. The van der Waals surface area contributed by atoms with E-state index in [0.29, 0.717) is 23.1 Å². The molecule has 3 N–H and O–H groups in total. The van der Waals surface area contributed by atoms with Crippen LogP contribution < -0.4 is 20.5 Å². The van der Waals surface area contributed by atoms with Gasteiger partial charge in [0.25, 0.3) is 0 Å². The van der Waals surface area contributed by atoms with Crippen molar-refractivity contribution in [2.24, 2.45) is 0 Å². The molecule has 1 aromatic heterocycles. The molecule has 0 aliphatic carbocycles. The number of anilines is 3. The van der Waals surface area contributed by atoms with E-state index in [-0.39, 0.29) is 0 Å². The van der Waals surface area contributed by atoms with Crippen LogP contribution in [0, 0.1) is 6.92 Å². The third kappa shape index (κ3) is 3.80. The van der Waals surface area contributed by atoms with E-state index >= 15 is 0 Å². The van der Waals surface area contributed by atoms with Crippen molar-refractivity contribution in [3.8, 4) is 22.8 Å². The van der Waals surface area contributed by atoms with Gasteiger partial charge >= 0.3 is 0 Å². The van der Waals surface area contributed by atoms with Crippen molar-refractivity contribution in [1.29, 1.82) is 0 Å². The minimum Gasteiger partial charge on any atom is -0.493 e. The zero-order valence-electron chi connectivity index (χ0n) is 14.4. The molecule has 0 fully saturated rings. The van der Waals surface area contributed by atoms with Crippen LogP contribution in [-0.4, -0.2) is 24.2 Å². The highest BCUT2D eigenvalue weighted by molar-refractivity contribution is 5.68. The molecule has 25 heavy (non-hydrogen) atoms. The molecule has 6 heteroatoms. The molecule has 0 saturated carbocycles. The molecule has 6 nitrogen and oxygen atoms in total. The maximum Gasteiger partial charge on any atom is 0.161 e. The van der Waals surface area contributed by atoms with Crippen LogP contribution in [0.1, 0.15) is 5.82 Å². The van der Waals surface area contributed by atoms with Gasteiger partial charge in [0, 0.05) is 23.0 Å². The molecule has 128 valence electrons. The second-order valence-electron chi connectivity index (χ2n) is 5.50. The van der Waals surface area contributed by atoms with Crippen molar-refractivity contribution < 1.29 is 9.47 Å². The molecule has 3 aromatic rings. The fourth-order valence-corrected chi connectivity index (χ4v) is 2.49. The van der Waals surface area contributed by atoms with Crippen LogP contribution in [0.5, 0.6) is 11.5 Å². The minimum absolute atomic E-state index is 0.657. The van der Waals surface area contributed by atoms with E-state index in [2.05, 4.69) is 15.3 Å². The standard InChI is InChI=1S/C19H20N4O2/c1-12-21-16(13-4-9-17(24-2)18(10-13)25-3)11-19(22-12)23-15-7-5-14(20)6-8-15/h4-11H,20H2,1-3H3,(H,21,22,23). The molecule has 0 radical (unpaired) electrons. The molecule has 0 unspecified atom stereocenters. The number of benzene rings is 2. The van der Waals surface area contributed by atoms with Gasteiger partial charge in [-0.05, 0) is 49.4 Å². The molecule has 3 rings (SSSR count). The van der Waals surface area contributed by atoms with E-state index < -0.39 is 0 Å². The van der Waals surface area contributed by atoms with Crippen LogP contribution in [0.25, 0.3) is 11.3 Å². The lowest BCUT2D eigenvalue weighted by Gasteiger charge is -2.11. The summed E-state index contributed by atoms with van der Waals surface area (Å²) in [7, 11) is 3.22. The number of rotatable bonds is 5. The summed E-state index contributed by atoms with van der Waals surface area (Å²) in [6, 6.07) is 15.1. The van der Waals surface area contributed by atoms with Gasteiger partial charge in [-0.2, -0.15) is 0 Å². The van der Waals surface area contributed by atoms with Crippen LogP contribution in [-0.2, 0) is 0 Å². The van der Waals surface area contributed by atoms with Gasteiger partial charge in [0.2, 0.25) is 0 Å². The monoisotopic (exact) mass is 336 g/mol. The quantitative estimate of drug-likeness (QED) is 0.690. The Morgan fingerprint density at radius 2 is 1.60 bits per heavy atom. The van der Waals surface area contributed by atoms with Crippen molar-refractivity contribution >= 4 is 17.2 Å². The predicted molar refractivity (Wildman–Crippen MR) is 99.4 cm³/mol. The molecule has 0 spiro atoms. The Labute approximate surface area is 146 Å². The first-order valence-electron chi connectivity index (χ1n) is 7.79. The van der Waals surface area contributed by atoms with Crippen LogP contribution in [0.3, 0.4) is 0 Å². The third-order valence-electron chi connectivity index (χ3n) is 3.70. The molecular weight excluding hydrogens is 316 g/mol. The molecule has 0 aliphatic rings. The number of ether oxygens (including phenoxy) is 2. The van der Waals surface area contributed by atoms with Gasteiger partial charge in [-0.1, -0.05) is 0 Å². The molecule has 0 amide bonds. The molecule has 1 heterocycles.